The van der Waals surface area contributed by atoms with E-state index in [4.69, 9.17) is 32.1 Å². The first kappa shape index (κ1) is 27.0. The molecule has 7 atom stereocenters. The third-order valence-corrected chi connectivity index (χ3v) is 8.17. The summed E-state index contributed by atoms with van der Waals surface area (Å²) in [6.07, 6.45) is -5.09. The van der Waals surface area contributed by atoms with E-state index in [2.05, 4.69) is 5.09 Å². The Hall–Kier alpha value is -3.58. The number of H-pyrrole nitrogens is 1. The molecule has 1 aromatic heterocycles. The number of benzene rings is 2. The molecule has 0 saturated carbocycles. The third kappa shape index (κ3) is 6.82. The first-order chi connectivity index (χ1) is 21.6. The zero-order valence-electron chi connectivity index (χ0n) is 26.8. The van der Waals surface area contributed by atoms with Crippen molar-refractivity contribution in [1.29, 1.82) is 0 Å². The molecule has 3 heterocycles. The van der Waals surface area contributed by atoms with Gasteiger partial charge in [0.1, 0.15) is 29.6 Å². The maximum atomic E-state index is 14.3. The largest absolute Gasteiger partial charge is 0.462 e. The van der Waals surface area contributed by atoms with E-state index < -0.39 is 80.0 Å². The highest BCUT2D eigenvalue weighted by atomic mass is 31.2. The fourth-order valence-corrected chi connectivity index (χ4v) is 6.06. The number of hydrogen-bond acceptors (Lipinski definition) is 10. The molecular weight excluding hydrogens is 581 g/mol. The van der Waals surface area contributed by atoms with Crippen molar-refractivity contribution in [3.05, 3.63) is 99.3 Å². The molecular formula is C29H34N3O10P. The second-order valence-electron chi connectivity index (χ2n) is 10.4. The normalized spacial score (nSPS) is 28.3. The summed E-state index contributed by atoms with van der Waals surface area (Å²) >= 11 is 0. The Morgan fingerprint density at radius 1 is 1.14 bits per heavy atom. The van der Waals surface area contributed by atoms with Gasteiger partial charge in [-0.15, -0.1) is 0 Å². The lowest BCUT2D eigenvalue weighted by Crippen LogP contribution is -2.45. The second kappa shape index (κ2) is 12.6. The number of esters is 1. The summed E-state index contributed by atoms with van der Waals surface area (Å²) in [6.45, 7) is 3.13. The number of ether oxygens (including phenoxy) is 4. The number of rotatable bonds is 11. The van der Waals surface area contributed by atoms with Gasteiger partial charge in [-0.1, -0.05) is 48.5 Å². The number of para-hydroxylation sites is 1. The van der Waals surface area contributed by atoms with Crippen LogP contribution in [0.15, 0.2) is 82.5 Å². The Balaban J connectivity index is 1.52. The smallest absolute Gasteiger partial charge is 0.459 e. The number of nitrogens with one attached hydrogen (secondary N) is 2. The number of nitrogens with zero attached hydrogens (tertiary/aromatic N) is 1. The van der Waals surface area contributed by atoms with Crippen LogP contribution in [0.25, 0.3) is 0 Å². The van der Waals surface area contributed by atoms with E-state index in [1.807, 2.05) is 4.98 Å². The summed E-state index contributed by atoms with van der Waals surface area (Å²) in [5.41, 5.74) is -2.92. The Bertz CT molecular complexity index is 1720. The predicted octanol–water partition coefficient (Wildman–Crippen LogP) is 3.44. The highest BCUT2D eigenvalue weighted by molar-refractivity contribution is 7.52. The van der Waals surface area contributed by atoms with Gasteiger partial charge in [0.2, 0.25) is 0 Å². The molecule has 3 aromatic rings. The first-order valence-corrected chi connectivity index (χ1v) is 15.1. The highest BCUT2D eigenvalue weighted by Crippen LogP contribution is 2.53. The van der Waals surface area contributed by atoms with E-state index in [1.54, 1.807) is 62.4 Å². The Morgan fingerprint density at radius 2 is 1.81 bits per heavy atom. The molecule has 13 nitrogen and oxygen atoms in total. The van der Waals surface area contributed by atoms with Crippen LogP contribution in [-0.2, 0) is 32.8 Å². The van der Waals surface area contributed by atoms with Gasteiger partial charge in [0.25, 0.3) is 5.56 Å². The number of aromatic amines is 1. The monoisotopic (exact) mass is 618 g/mol. The SMILES string of the molecule is [2H]c1cn([C@@H]2O[C@H](C([2H])([2H])O[P@@](=O)(N[C@@H](C)C(=O)OC(C)C)Oc3ccccc3)[C@H]3OC(c4ccccc4)O[C@]32C)c(=O)[nH]c1=O. The summed E-state index contributed by atoms with van der Waals surface area (Å²) in [5.74, 6) is -0.747. The molecule has 2 saturated heterocycles. The van der Waals surface area contributed by atoms with Crippen molar-refractivity contribution in [3.63, 3.8) is 0 Å². The van der Waals surface area contributed by atoms with Crippen LogP contribution >= 0.6 is 7.75 Å². The molecule has 5 rings (SSSR count). The zero-order valence-corrected chi connectivity index (χ0v) is 24.7. The van der Waals surface area contributed by atoms with Crippen molar-refractivity contribution < 1.29 is 41.5 Å². The van der Waals surface area contributed by atoms with Crippen LogP contribution in [-0.4, -0.2) is 52.0 Å². The van der Waals surface area contributed by atoms with Crippen LogP contribution in [0.5, 0.6) is 5.75 Å². The Labute approximate surface area is 251 Å². The summed E-state index contributed by atoms with van der Waals surface area (Å²) in [4.78, 5) is 39.5. The molecule has 2 N–H and O–H groups in total. The van der Waals surface area contributed by atoms with E-state index in [0.29, 0.717) is 5.56 Å². The van der Waals surface area contributed by atoms with E-state index in [9.17, 15) is 18.9 Å². The van der Waals surface area contributed by atoms with Gasteiger partial charge in [0.15, 0.2) is 12.5 Å². The number of hydrogen-bond donors (Lipinski definition) is 2. The molecule has 0 bridgehead atoms. The standard InChI is InChI=1S/C29H34N3O10P/c1-18(2)38-25(34)19(3)31-43(36,42-21-13-9-6-10-14-21)37-17-22-24-29(4,41-26(40-24)20-11-7-5-8-12-20)27(39-22)32-16-15-23(33)30-28(32)35/h5-16,18-19,22,24,26-27H,17H2,1-4H3,(H,31,36)(H,30,33,35)/t19-,22+,24+,26?,27+,29+,43-/m0/s1/i15D,17D2. The van der Waals surface area contributed by atoms with Crippen LogP contribution in [0.2, 0.25) is 0 Å². The van der Waals surface area contributed by atoms with Gasteiger partial charge in [-0.3, -0.25) is 23.7 Å². The van der Waals surface area contributed by atoms with Crippen LogP contribution in [0.1, 0.15) is 49.9 Å². The van der Waals surface area contributed by atoms with Crippen molar-refractivity contribution in [1.82, 2.24) is 14.6 Å². The van der Waals surface area contributed by atoms with Crippen LogP contribution < -0.4 is 20.9 Å². The molecule has 0 amide bonds. The van der Waals surface area contributed by atoms with Crippen LogP contribution in [0, 0.1) is 0 Å². The summed E-state index contributed by atoms with van der Waals surface area (Å²) in [6, 6.07) is 14.7. The molecule has 14 heteroatoms. The van der Waals surface area contributed by atoms with Crippen molar-refractivity contribution >= 4 is 13.7 Å². The van der Waals surface area contributed by atoms with Crippen LogP contribution in [0.3, 0.4) is 0 Å². The quantitative estimate of drug-likeness (QED) is 0.240. The van der Waals surface area contributed by atoms with Gasteiger partial charge in [0, 0.05) is 17.8 Å². The molecule has 230 valence electrons. The topological polar surface area (TPSA) is 156 Å². The molecule has 2 aromatic carbocycles. The van der Waals surface area contributed by atoms with Gasteiger partial charge >= 0.3 is 19.4 Å². The lowest BCUT2D eigenvalue weighted by molar-refractivity contribution is -0.175. The summed E-state index contributed by atoms with van der Waals surface area (Å²) < 4.78 is 76.0. The molecule has 0 aliphatic carbocycles. The lowest BCUT2D eigenvalue weighted by Gasteiger charge is -2.28. The number of carbonyl (C=O) groups is 1. The zero-order chi connectivity index (χ0) is 33.4. The maximum absolute atomic E-state index is 14.3. The van der Waals surface area contributed by atoms with Gasteiger partial charge in [-0.2, -0.15) is 5.09 Å². The third-order valence-electron chi connectivity index (χ3n) is 6.67. The molecule has 2 aliphatic heterocycles. The van der Waals surface area contributed by atoms with Gasteiger partial charge in [-0.05, 0) is 39.8 Å². The number of carbonyl (C=O) groups excluding carboxylic acids is 1. The Morgan fingerprint density at radius 3 is 2.49 bits per heavy atom. The minimum Gasteiger partial charge on any atom is -0.462 e. The summed E-state index contributed by atoms with van der Waals surface area (Å²) in [5, 5.41) is 2.45. The molecule has 2 aliphatic rings. The highest BCUT2D eigenvalue weighted by Gasteiger charge is 2.63. The Kier molecular flexibility index (Phi) is 7.89. The predicted molar refractivity (Wildman–Crippen MR) is 153 cm³/mol. The molecule has 0 radical (unpaired) electrons. The summed E-state index contributed by atoms with van der Waals surface area (Å²) in [7, 11) is -4.76. The van der Waals surface area contributed by atoms with Gasteiger partial charge < -0.3 is 23.5 Å². The van der Waals surface area contributed by atoms with Crippen molar-refractivity contribution in [3.8, 4) is 5.75 Å². The van der Waals surface area contributed by atoms with Gasteiger partial charge in [-0.25, -0.2) is 9.36 Å². The maximum Gasteiger partial charge on any atom is 0.459 e. The van der Waals surface area contributed by atoms with E-state index in [1.165, 1.54) is 26.0 Å². The fourth-order valence-electron chi connectivity index (χ4n) is 4.69. The van der Waals surface area contributed by atoms with E-state index >= 15 is 0 Å². The minimum atomic E-state index is -4.76. The van der Waals surface area contributed by atoms with Gasteiger partial charge in [0.05, 0.1) is 16.8 Å². The molecule has 43 heavy (non-hydrogen) atoms. The second-order valence-corrected chi connectivity index (χ2v) is 12.0. The lowest BCUT2D eigenvalue weighted by atomic mass is 9.96. The first-order valence-electron chi connectivity index (χ1n) is 15.0. The van der Waals surface area contributed by atoms with Crippen LogP contribution in [0.4, 0.5) is 0 Å². The van der Waals surface area contributed by atoms with Crippen molar-refractivity contribution in [2.75, 3.05) is 6.56 Å². The minimum absolute atomic E-state index is 0.0426. The molecule has 2 fully saturated rings. The van der Waals surface area contributed by atoms with Crippen molar-refractivity contribution in [2.24, 2.45) is 0 Å². The molecule has 1 unspecified atom stereocenters. The van der Waals surface area contributed by atoms with E-state index in [0.717, 1.165) is 10.8 Å². The molecule has 0 spiro atoms. The average Bonchev–Trinajstić information content (AvgIpc) is 3.47. The number of fused-ring (bicyclic) bond motifs is 1. The number of aromatic nitrogens is 2. The van der Waals surface area contributed by atoms with Crippen molar-refractivity contribution in [2.45, 2.75) is 70.2 Å². The van der Waals surface area contributed by atoms with E-state index in [-0.39, 0.29) is 5.75 Å². The fraction of sp³-hybridized carbons (Fsp3) is 0.414. The average molecular weight is 619 g/mol.